The highest BCUT2D eigenvalue weighted by atomic mass is 35.5. The molecule has 0 aliphatic carbocycles. The van der Waals surface area contributed by atoms with Crippen LogP contribution >= 0.6 is 11.6 Å². The number of aromatic nitrogens is 3. The van der Waals surface area contributed by atoms with Crippen LogP contribution in [0.5, 0.6) is 0 Å². The van der Waals surface area contributed by atoms with Crippen molar-refractivity contribution < 1.29 is 9.32 Å². The Hall–Kier alpha value is -3.65. The van der Waals surface area contributed by atoms with Crippen LogP contribution in [0.1, 0.15) is 21.7 Å². The summed E-state index contributed by atoms with van der Waals surface area (Å²) in [4.78, 5) is 37.5. The lowest BCUT2D eigenvalue weighted by Crippen LogP contribution is -2.39. The van der Waals surface area contributed by atoms with E-state index in [-0.39, 0.29) is 5.56 Å². The van der Waals surface area contributed by atoms with E-state index in [2.05, 4.69) is 10.5 Å². The van der Waals surface area contributed by atoms with Gasteiger partial charge < -0.3 is 19.0 Å². The normalized spacial score (nSPS) is 11.1. The van der Waals surface area contributed by atoms with Crippen LogP contribution in [0.15, 0.2) is 50.5 Å². The van der Waals surface area contributed by atoms with Gasteiger partial charge in [0.05, 0.1) is 16.1 Å². The Kier molecular flexibility index (Phi) is 5.02. The van der Waals surface area contributed by atoms with Crippen molar-refractivity contribution in [2.75, 3.05) is 5.32 Å². The Morgan fingerprint density at radius 1 is 1.03 bits per heavy atom. The SMILES string of the molecule is Cc1cc2c(cc1NC(=O)c1c(-c3ccccc3Cl)noc1C)n(C)c(=O)c(=O)n2C. The summed E-state index contributed by atoms with van der Waals surface area (Å²) in [5, 5.41) is 7.34. The average Bonchev–Trinajstić information content (AvgIpc) is 3.13. The fourth-order valence-electron chi connectivity index (χ4n) is 3.52. The van der Waals surface area contributed by atoms with Gasteiger partial charge in [-0.05, 0) is 37.6 Å². The molecule has 0 radical (unpaired) electrons. The minimum atomic E-state index is -0.646. The van der Waals surface area contributed by atoms with Crippen molar-refractivity contribution in [1.82, 2.24) is 14.3 Å². The van der Waals surface area contributed by atoms with E-state index in [9.17, 15) is 14.4 Å². The van der Waals surface area contributed by atoms with Crippen molar-refractivity contribution in [3.63, 3.8) is 0 Å². The summed E-state index contributed by atoms with van der Waals surface area (Å²) in [6, 6.07) is 10.5. The van der Waals surface area contributed by atoms with Gasteiger partial charge in [0.2, 0.25) is 0 Å². The molecule has 0 unspecified atom stereocenters. The number of aryl methyl sites for hydroxylation is 4. The summed E-state index contributed by atoms with van der Waals surface area (Å²) in [6.45, 7) is 3.45. The lowest BCUT2D eigenvalue weighted by molar-refractivity contribution is 0.102. The predicted octanol–water partition coefficient (Wildman–Crippen LogP) is 3.41. The molecule has 9 heteroatoms. The van der Waals surface area contributed by atoms with Gasteiger partial charge in [-0.3, -0.25) is 14.4 Å². The van der Waals surface area contributed by atoms with E-state index < -0.39 is 17.0 Å². The van der Waals surface area contributed by atoms with Gasteiger partial charge in [-0.15, -0.1) is 0 Å². The lowest BCUT2D eigenvalue weighted by Gasteiger charge is -2.14. The zero-order valence-corrected chi connectivity index (χ0v) is 18.1. The van der Waals surface area contributed by atoms with Crippen molar-refractivity contribution >= 4 is 34.2 Å². The molecular weight excluding hydrogens is 420 g/mol. The molecule has 1 N–H and O–H groups in total. The second-order valence-electron chi connectivity index (χ2n) is 7.28. The molecule has 1 amide bonds. The molecule has 0 saturated heterocycles. The molecule has 31 heavy (non-hydrogen) atoms. The van der Waals surface area contributed by atoms with Crippen LogP contribution in [-0.4, -0.2) is 20.2 Å². The monoisotopic (exact) mass is 438 g/mol. The first kappa shape index (κ1) is 20.6. The number of halogens is 1. The number of anilines is 1. The molecular formula is C22H19ClN4O4. The van der Waals surface area contributed by atoms with Crippen molar-refractivity contribution in [3.8, 4) is 11.3 Å². The second kappa shape index (κ2) is 7.55. The van der Waals surface area contributed by atoms with E-state index in [0.29, 0.717) is 38.8 Å². The summed E-state index contributed by atoms with van der Waals surface area (Å²) in [5.74, 6) is -0.0772. The molecule has 4 rings (SSSR count). The fourth-order valence-corrected chi connectivity index (χ4v) is 3.75. The first-order chi connectivity index (χ1) is 14.7. The number of hydrogen-bond donors (Lipinski definition) is 1. The summed E-state index contributed by atoms with van der Waals surface area (Å²) >= 11 is 6.28. The van der Waals surface area contributed by atoms with Gasteiger partial charge in [0.1, 0.15) is 17.0 Å². The average molecular weight is 439 g/mol. The third-order valence-electron chi connectivity index (χ3n) is 5.30. The molecule has 0 aliphatic rings. The van der Waals surface area contributed by atoms with E-state index in [1.807, 2.05) is 0 Å². The van der Waals surface area contributed by atoms with E-state index in [0.717, 1.165) is 5.56 Å². The predicted molar refractivity (Wildman–Crippen MR) is 119 cm³/mol. The molecule has 0 atom stereocenters. The number of rotatable bonds is 3. The third kappa shape index (κ3) is 3.34. The minimum absolute atomic E-state index is 0.266. The highest BCUT2D eigenvalue weighted by Gasteiger charge is 2.24. The smallest absolute Gasteiger partial charge is 0.316 e. The molecule has 2 aromatic carbocycles. The quantitative estimate of drug-likeness (QED) is 0.494. The lowest BCUT2D eigenvalue weighted by atomic mass is 10.0. The van der Waals surface area contributed by atoms with E-state index in [1.54, 1.807) is 57.3 Å². The van der Waals surface area contributed by atoms with Crippen molar-refractivity contribution in [2.24, 2.45) is 14.1 Å². The van der Waals surface area contributed by atoms with Crippen LogP contribution in [0.2, 0.25) is 5.02 Å². The van der Waals surface area contributed by atoms with E-state index in [1.165, 1.54) is 16.2 Å². The van der Waals surface area contributed by atoms with Gasteiger partial charge in [-0.1, -0.05) is 35.0 Å². The molecule has 0 fully saturated rings. The van der Waals surface area contributed by atoms with Gasteiger partial charge >= 0.3 is 11.1 Å². The summed E-state index contributed by atoms with van der Waals surface area (Å²) in [6.07, 6.45) is 0. The largest absolute Gasteiger partial charge is 0.360 e. The Bertz CT molecular complexity index is 1480. The van der Waals surface area contributed by atoms with Gasteiger partial charge in [0.25, 0.3) is 5.91 Å². The standard InChI is InChI=1S/C22H19ClN4O4/c1-11-9-16-17(27(4)22(30)21(29)26(16)3)10-15(11)24-20(28)18-12(2)31-25-19(18)13-7-5-6-8-14(13)23/h5-10H,1-4H3,(H,24,28). The zero-order chi connectivity index (χ0) is 22.4. The number of fused-ring (bicyclic) bond motifs is 1. The summed E-state index contributed by atoms with van der Waals surface area (Å²) in [7, 11) is 3.06. The maximum atomic E-state index is 13.2. The highest BCUT2D eigenvalue weighted by molar-refractivity contribution is 6.33. The molecule has 0 saturated carbocycles. The first-order valence-corrected chi connectivity index (χ1v) is 9.81. The molecule has 2 aromatic heterocycles. The third-order valence-corrected chi connectivity index (χ3v) is 5.63. The van der Waals surface area contributed by atoms with Crippen LogP contribution in [0.25, 0.3) is 22.3 Å². The maximum absolute atomic E-state index is 13.2. The molecule has 0 spiro atoms. The molecule has 2 heterocycles. The number of nitrogens with one attached hydrogen (secondary N) is 1. The van der Waals surface area contributed by atoms with Crippen molar-refractivity contribution in [2.45, 2.75) is 13.8 Å². The Balaban J connectivity index is 1.81. The van der Waals surface area contributed by atoms with Crippen LogP contribution in [0.3, 0.4) is 0 Å². The highest BCUT2D eigenvalue weighted by Crippen LogP contribution is 2.32. The second-order valence-corrected chi connectivity index (χ2v) is 7.69. The van der Waals surface area contributed by atoms with Gasteiger partial charge in [0, 0.05) is 25.3 Å². The number of carbonyl (C=O) groups excluding carboxylic acids is 1. The number of benzene rings is 2. The fraction of sp³-hybridized carbons (Fsp3) is 0.182. The first-order valence-electron chi connectivity index (χ1n) is 9.43. The van der Waals surface area contributed by atoms with Crippen LogP contribution in [0.4, 0.5) is 5.69 Å². The Morgan fingerprint density at radius 3 is 2.29 bits per heavy atom. The van der Waals surface area contributed by atoms with Crippen LogP contribution < -0.4 is 16.4 Å². The van der Waals surface area contributed by atoms with Crippen molar-refractivity contribution in [3.05, 3.63) is 79.0 Å². The topological polar surface area (TPSA) is 99.1 Å². The number of hydrogen-bond acceptors (Lipinski definition) is 5. The summed E-state index contributed by atoms with van der Waals surface area (Å²) < 4.78 is 7.85. The Labute approximate surface area is 181 Å². The van der Waals surface area contributed by atoms with E-state index in [4.69, 9.17) is 16.1 Å². The molecule has 8 nitrogen and oxygen atoms in total. The van der Waals surface area contributed by atoms with E-state index >= 15 is 0 Å². The zero-order valence-electron chi connectivity index (χ0n) is 17.3. The minimum Gasteiger partial charge on any atom is -0.360 e. The Morgan fingerprint density at radius 2 is 1.65 bits per heavy atom. The molecule has 0 aliphatic heterocycles. The van der Waals surface area contributed by atoms with Crippen LogP contribution in [0, 0.1) is 13.8 Å². The molecule has 0 bridgehead atoms. The molecule has 4 aromatic rings. The summed E-state index contributed by atoms with van der Waals surface area (Å²) in [5.41, 5.74) is 2.25. The van der Waals surface area contributed by atoms with Crippen LogP contribution in [-0.2, 0) is 14.1 Å². The van der Waals surface area contributed by atoms with Gasteiger partial charge in [0.15, 0.2) is 0 Å². The van der Waals surface area contributed by atoms with Gasteiger partial charge in [-0.2, -0.15) is 0 Å². The van der Waals surface area contributed by atoms with Gasteiger partial charge in [-0.25, -0.2) is 0 Å². The van der Waals surface area contributed by atoms with Crippen molar-refractivity contribution in [1.29, 1.82) is 0 Å². The molecule has 158 valence electrons. The number of amides is 1. The number of carbonyl (C=O) groups is 1. The maximum Gasteiger partial charge on any atom is 0.316 e. The number of nitrogens with zero attached hydrogens (tertiary/aromatic N) is 3.